The standard InChI is InChI=1S/C17H14N4O3S2/c22-17(20-19-12-13-3-1-9-18-11-13)14-5-7-15(8-6-14)21-26(23,24)16-4-2-10-25-16/h1-12,21H,(H,20,22)/b19-12-. The van der Waals surface area contributed by atoms with E-state index in [9.17, 15) is 13.2 Å². The van der Waals surface area contributed by atoms with Crippen LogP contribution < -0.4 is 10.1 Å². The van der Waals surface area contributed by atoms with Crippen LogP contribution in [-0.4, -0.2) is 25.5 Å². The first-order valence-corrected chi connectivity index (χ1v) is 9.81. The Morgan fingerprint density at radius 1 is 1.12 bits per heavy atom. The zero-order valence-corrected chi connectivity index (χ0v) is 15.0. The van der Waals surface area contributed by atoms with Crippen molar-refractivity contribution < 1.29 is 13.2 Å². The molecule has 26 heavy (non-hydrogen) atoms. The number of benzene rings is 1. The number of pyridine rings is 1. The summed E-state index contributed by atoms with van der Waals surface area (Å²) in [6, 6.07) is 12.8. The molecule has 0 fully saturated rings. The molecular weight excluding hydrogens is 372 g/mol. The van der Waals surface area contributed by atoms with Gasteiger partial charge in [-0.25, -0.2) is 13.8 Å². The number of rotatable bonds is 6. The number of hydrazone groups is 1. The molecule has 0 saturated heterocycles. The summed E-state index contributed by atoms with van der Waals surface area (Å²) in [5.74, 6) is -0.405. The van der Waals surface area contributed by atoms with Crippen LogP contribution in [0.15, 0.2) is 75.6 Å². The van der Waals surface area contributed by atoms with Crippen molar-refractivity contribution in [3.63, 3.8) is 0 Å². The largest absolute Gasteiger partial charge is 0.279 e. The molecule has 2 N–H and O–H groups in total. The number of carbonyl (C=O) groups is 1. The van der Waals surface area contributed by atoms with Crippen LogP contribution in [0.4, 0.5) is 5.69 Å². The van der Waals surface area contributed by atoms with Crippen molar-refractivity contribution in [2.45, 2.75) is 4.21 Å². The Balaban J connectivity index is 1.62. The maximum absolute atomic E-state index is 12.2. The van der Waals surface area contributed by atoms with Gasteiger partial charge in [-0.1, -0.05) is 12.1 Å². The Morgan fingerprint density at radius 3 is 2.58 bits per heavy atom. The third-order valence-electron chi connectivity index (χ3n) is 3.22. The van der Waals surface area contributed by atoms with Gasteiger partial charge >= 0.3 is 0 Å². The summed E-state index contributed by atoms with van der Waals surface area (Å²) in [5.41, 5.74) is 3.88. The average molecular weight is 386 g/mol. The van der Waals surface area contributed by atoms with Crippen LogP contribution in [-0.2, 0) is 10.0 Å². The molecule has 0 aliphatic rings. The first-order chi connectivity index (χ1) is 12.5. The van der Waals surface area contributed by atoms with Gasteiger partial charge in [-0.15, -0.1) is 11.3 Å². The lowest BCUT2D eigenvalue weighted by Gasteiger charge is -2.07. The molecule has 2 aromatic heterocycles. The molecule has 3 aromatic rings. The Bertz CT molecular complexity index is 1000. The van der Waals surface area contributed by atoms with Crippen LogP contribution in [0.1, 0.15) is 15.9 Å². The number of amides is 1. The second kappa shape index (κ2) is 7.89. The number of carbonyl (C=O) groups excluding carboxylic acids is 1. The second-order valence-electron chi connectivity index (χ2n) is 5.10. The van der Waals surface area contributed by atoms with E-state index in [4.69, 9.17) is 0 Å². The summed E-state index contributed by atoms with van der Waals surface area (Å²) < 4.78 is 27.0. The van der Waals surface area contributed by atoms with Gasteiger partial charge in [0.05, 0.1) is 6.21 Å². The Kier molecular flexibility index (Phi) is 5.40. The second-order valence-corrected chi connectivity index (χ2v) is 7.96. The number of sulfonamides is 1. The van der Waals surface area contributed by atoms with E-state index in [-0.39, 0.29) is 4.21 Å². The monoisotopic (exact) mass is 386 g/mol. The number of hydrogen-bond donors (Lipinski definition) is 2. The molecule has 0 aliphatic carbocycles. The lowest BCUT2D eigenvalue weighted by atomic mass is 10.2. The van der Waals surface area contributed by atoms with E-state index < -0.39 is 15.9 Å². The molecule has 0 bridgehead atoms. The number of hydrogen-bond acceptors (Lipinski definition) is 6. The molecule has 9 heteroatoms. The molecule has 1 aromatic carbocycles. The van der Waals surface area contributed by atoms with Gasteiger partial charge in [0.1, 0.15) is 4.21 Å². The fourth-order valence-electron chi connectivity index (χ4n) is 1.99. The Morgan fingerprint density at radius 2 is 1.92 bits per heavy atom. The summed E-state index contributed by atoms with van der Waals surface area (Å²) in [5, 5.41) is 5.55. The predicted octanol–water partition coefficient (Wildman–Crippen LogP) is 2.71. The Hall–Kier alpha value is -3.04. The highest BCUT2D eigenvalue weighted by atomic mass is 32.2. The quantitative estimate of drug-likeness (QED) is 0.502. The van der Waals surface area contributed by atoms with Crippen molar-refractivity contribution in [1.82, 2.24) is 10.4 Å². The van der Waals surface area contributed by atoms with Crippen LogP contribution in [0.3, 0.4) is 0 Å². The van der Waals surface area contributed by atoms with Gasteiger partial charge in [0.15, 0.2) is 0 Å². The molecule has 7 nitrogen and oxygen atoms in total. The maximum Gasteiger partial charge on any atom is 0.271 e. The van der Waals surface area contributed by atoms with Crippen molar-refractivity contribution in [3.05, 3.63) is 77.4 Å². The molecule has 1 amide bonds. The molecule has 3 rings (SSSR count). The minimum atomic E-state index is -3.61. The smallest absolute Gasteiger partial charge is 0.271 e. The van der Waals surface area contributed by atoms with Crippen LogP contribution in [0.5, 0.6) is 0 Å². The average Bonchev–Trinajstić information content (AvgIpc) is 3.19. The van der Waals surface area contributed by atoms with Gasteiger partial charge in [0, 0.05) is 29.2 Å². The molecule has 2 heterocycles. The van der Waals surface area contributed by atoms with Gasteiger partial charge < -0.3 is 0 Å². The minimum absolute atomic E-state index is 0.226. The first-order valence-electron chi connectivity index (χ1n) is 7.44. The van der Waals surface area contributed by atoms with Gasteiger partial charge in [0.2, 0.25) is 0 Å². The fraction of sp³-hybridized carbons (Fsp3) is 0. The fourth-order valence-corrected chi connectivity index (χ4v) is 4.05. The van der Waals surface area contributed by atoms with E-state index in [2.05, 4.69) is 20.2 Å². The lowest BCUT2D eigenvalue weighted by Crippen LogP contribution is -2.17. The molecule has 0 unspecified atom stereocenters. The number of thiophene rings is 1. The third kappa shape index (κ3) is 4.52. The third-order valence-corrected chi connectivity index (χ3v) is 6.00. The minimum Gasteiger partial charge on any atom is -0.279 e. The zero-order valence-electron chi connectivity index (χ0n) is 13.4. The molecule has 0 spiro atoms. The van der Waals surface area contributed by atoms with Gasteiger partial charge in [-0.2, -0.15) is 5.10 Å². The summed E-state index contributed by atoms with van der Waals surface area (Å²) >= 11 is 1.13. The topological polar surface area (TPSA) is 101 Å². The van der Waals surface area contributed by atoms with Crippen LogP contribution in [0, 0.1) is 0 Å². The van der Waals surface area contributed by atoms with Gasteiger partial charge in [-0.3, -0.25) is 14.5 Å². The number of nitrogens with zero attached hydrogens (tertiary/aromatic N) is 2. The summed E-state index contributed by atoms with van der Waals surface area (Å²) in [7, 11) is -3.61. The highest BCUT2D eigenvalue weighted by molar-refractivity contribution is 7.94. The number of nitrogens with one attached hydrogen (secondary N) is 2. The van der Waals surface area contributed by atoms with Crippen molar-refractivity contribution >= 4 is 39.2 Å². The van der Waals surface area contributed by atoms with Gasteiger partial charge in [0.25, 0.3) is 15.9 Å². The highest BCUT2D eigenvalue weighted by Crippen LogP contribution is 2.20. The molecule has 132 valence electrons. The van der Waals surface area contributed by atoms with E-state index in [1.807, 2.05) is 0 Å². The summed E-state index contributed by atoms with van der Waals surface area (Å²) in [6.07, 6.45) is 4.74. The Labute approximate surface area is 154 Å². The number of anilines is 1. The summed E-state index contributed by atoms with van der Waals surface area (Å²) in [6.45, 7) is 0. The van der Waals surface area contributed by atoms with Crippen molar-refractivity contribution in [2.75, 3.05) is 4.72 Å². The van der Waals surface area contributed by atoms with Crippen LogP contribution in [0.25, 0.3) is 0 Å². The SMILES string of the molecule is O=C(N/N=C\c1cccnc1)c1ccc(NS(=O)(=O)c2cccs2)cc1. The van der Waals surface area contributed by atoms with E-state index in [0.29, 0.717) is 11.3 Å². The highest BCUT2D eigenvalue weighted by Gasteiger charge is 2.15. The molecule has 0 saturated carbocycles. The van der Waals surface area contributed by atoms with E-state index >= 15 is 0 Å². The lowest BCUT2D eigenvalue weighted by molar-refractivity contribution is 0.0955. The first kappa shape index (κ1) is 17.8. The van der Waals surface area contributed by atoms with Crippen molar-refractivity contribution in [1.29, 1.82) is 0 Å². The van der Waals surface area contributed by atoms with Crippen molar-refractivity contribution in [2.24, 2.45) is 5.10 Å². The maximum atomic E-state index is 12.2. The zero-order chi connectivity index (χ0) is 18.4. The molecule has 0 aliphatic heterocycles. The van der Waals surface area contributed by atoms with E-state index in [1.54, 1.807) is 36.0 Å². The van der Waals surface area contributed by atoms with Crippen molar-refractivity contribution in [3.8, 4) is 0 Å². The van der Waals surface area contributed by atoms with Crippen LogP contribution >= 0.6 is 11.3 Å². The van der Waals surface area contributed by atoms with Crippen LogP contribution in [0.2, 0.25) is 0 Å². The molecule has 0 radical (unpaired) electrons. The summed E-state index contributed by atoms with van der Waals surface area (Å²) in [4.78, 5) is 16.0. The molecular formula is C17H14N4O3S2. The van der Waals surface area contributed by atoms with E-state index in [0.717, 1.165) is 16.9 Å². The number of aromatic nitrogens is 1. The van der Waals surface area contributed by atoms with E-state index in [1.165, 1.54) is 36.5 Å². The van der Waals surface area contributed by atoms with Gasteiger partial charge in [-0.05, 0) is 41.8 Å². The molecule has 0 atom stereocenters. The normalized spacial score (nSPS) is 11.4. The predicted molar refractivity (Wildman–Crippen MR) is 101 cm³/mol.